The maximum atomic E-state index is 5.93. The van der Waals surface area contributed by atoms with Crippen molar-refractivity contribution in [1.82, 2.24) is 10.2 Å². The van der Waals surface area contributed by atoms with Crippen LogP contribution in [0.2, 0.25) is 0 Å². The molecule has 0 spiro atoms. The van der Waals surface area contributed by atoms with E-state index in [1.807, 2.05) is 18.2 Å². The molecule has 1 heterocycles. The molecule has 4 rings (SSSR count). The fraction of sp³-hybridized carbons (Fsp3) is 0.308. The van der Waals surface area contributed by atoms with E-state index < -0.39 is 0 Å². The monoisotopic (exact) mass is 402 g/mol. The maximum absolute atomic E-state index is 5.93. The third kappa shape index (κ3) is 5.21. The lowest BCUT2D eigenvalue weighted by molar-refractivity contribution is 0.261. The quantitative estimate of drug-likeness (QED) is 0.604. The Labute approximate surface area is 179 Å². The van der Waals surface area contributed by atoms with E-state index in [1.54, 1.807) is 0 Å². The zero-order valence-electron chi connectivity index (χ0n) is 17.8. The number of benzene rings is 3. The topological polar surface area (TPSA) is 33.7 Å². The predicted octanol–water partition coefficient (Wildman–Crippen LogP) is 4.44. The van der Waals surface area contributed by atoms with Crippen molar-refractivity contribution >= 4 is 0 Å². The normalized spacial score (nSPS) is 15.6. The Balaban J connectivity index is 1.42. The molecule has 0 fully saturated rings. The van der Waals surface area contributed by atoms with Gasteiger partial charge in [0.25, 0.3) is 0 Å². The zero-order chi connectivity index (χ0) is 20.8. The molecule has 0 saturated carbocycles. The molecule has 3 aromatic rings. The van der Waals surface area contributed by atoms with Gasteiger partial charge in [-0.15, -0.1) is 0 Å². The minimum absolute atomic E-state index is 0.202. The first kappa shape index (κ1) is 20.5. The number of likely N-dealkylation sites (N-methyl/N-ethyl adjacent to an activating group) is 1. The number of fused-ring (bicyclic) bond motifs is 1. The summed E-state index contributed by atoms with van der Waals surface area (Å²) in [6.45, 7) is 3.17. The number of hydrogen-bond acceptors (Lipinski definition) is 4. The zero-order valence-corrected chi connectivity index (χ0v) is 17.8. The molecule has 1 unspecified atom stereocenters. The fourth-order valence-corrected chi connectivity index (χ4v) is 3.77. The molecular weight excluding hydrogens is 372 g/mol. The first-order chi connectivity index (χ1) is 14.7. The highest BCUT2D eigenvalue weighted by Gasteiger charge is 2.21. The standard InChI is InChI=1S/C26H30N2O2/c1-28(2)16-17-29-24-12-13-25-22(18-24)14-15-27-26(25)21-8-10-23(11-9-21)30-19-20-6-4-3-5-7-20/h3-13,18,26-27H,14-17,19H2,1-2H3. The molecule has 1 aliphatic rings. The van der Waals surface area contributed by atoms with Gasteiger partial charge in [0.1, 0.15) is 24.7 Å². The van der Waals surface area contributed by atoms with Gasteiger partial charge in [-0.25, -0.2) is 0 Å². The Morgan fingerprint density at radius 2 is 1.67 bits per heavy atom. The van der Waals surface area contributed by atoms with Crippen LogP contribution < -0.4 is 14.8 Å². The van der Waals surface area contributed by atoms with Gasteiger partial charge < -0.3 is 19.7 Å². The van der Waals surface area contributed by atoms with Crippen molar-refractivity contribution in [3.8, 4) is 11.5 Å². The Bertz CT molecular complexity index is 939. The molecule has 1 N–H and O–H groups in total. The maximum Gasteiger partial charge on any atom is 0.119 e. The minimum atomic E-state index is 0.202. The number of nitrogens with zero attached hydrogens (tertiary/aromatic N) is 1. The molecule has 30 heavy (non-hydrogen) atoms. The fourth-order valence-electron chi connectivity index (χ4n) is 3.77. The van der Waals surface area contributed by atoms with Crippen LogP contribution in [0.4, 0.5) is 0 Å². The molecule has 0 aliphatic carbocycles. The molecule has 0 bridgehead atoms. The van der Waals surface area contributed by atoms with Gasteiger partial charge in [-0.1, -0.05) is 48.5 Å². The lowest BCUT2D eigenvalue weighted by Crippen LogP contribution is -2.30. The number of ether oxygens (including phenoxy) is 2. The highest BCUT2D eigenvalue weighted by Crippen LogP contribution is 2.32. The molecule has 0 saturated heterocycles. The summed E-state index contributed by atoms with van der Waals surface area (Å²) in [7, 11) is 4.12. The van der Waals surface area contributed by atoms with Crippen LogP contribution in [0, 0.1) is 0 Å². The van der Waals surface area contributed by atoms with Crippen LogP contribution in [0.1, 0.15) is 28.3 Å². The largest absolute Gasteiger partial charge is 0.492 e. The second-order valence-electron chi connectivity index (χ2n) is 7.99. The Hall–Kier alpha value is -2.82. The second-order valence-corrected chi connectivity index (χ2v) is 7.99. The Kier molecular flexibility index (Phi) is 6.67. The Morgan fingerprint density at radius 3 is 2.43 bits per heavy atom. The summed E-state index contributed by atoms with van der Waals surface area (Å²) in [4.78, 5) is 2.13. The van der Waals surface area contributed by atoms with Crippen LogP contribution in [0.25, 0.3) is 0 Å². The molecular formula is C26H30N2O2. The summed E-state index contributed by atoms with van der Waals surface area (Å²) in [5.74, 6) is 1.85. The average molecular weight is 403 g/mol. The molecule has 1 atom stereocenters. The third-order valence-electron chi connectivity index (χ3n) is 5.44. The van der Waals surface area contributed by atoms with E-state index in [1.165, 1.54) is 22.3 Å². The van der Waals surface area contributed by atoms with Crippen molar-refractivity contribution in [3.63, 3.8) is 0 Å². The van der Waals surface area contributed by atoms with Crippen molar-refractivity contribution in [3.05, 3.63) is 95.1 Å². The molecule has 0 radical (unpaired) electrons. The third-order valence-corrected chi connectivity index (χ3v) is 5.44. The van der Waals surface area contributed by atoms with Gasteiger partial charge in [-0.2, -0.15) is 0 Å². The summed E-state index contributed by atoms with van der Waals surface area (Å²) in [6.07, 6.45) is 1.02. The minimum Gasteiger partial charge on any atom is -0.492 e. The van der Waals surface area contributed by atoms with Gasteiger partial charge in [0, 0.05) is 13.1 Å². The van der Waals surface area contributed by atoms with Crippen LogP contribution in [0.15, 0.2) is 72.8 Å². The molecule has 0 amide bonds. The average Bonchev–Trinajstić information content (AvgIpc) is 2.78. The van der Waals surface area contributed by atoms with E-state index in [-0.39, 0.29) is 6.04 Å². The smallest absolute Gasteiger partial charge is 0.119 e. The van der Waals surface area contributed by atoms with Gasteiger partial charge in [-0.3, -0.25) is 0 Å². The van der Waals surface area contributed by atoms with Crippen molar-refractivity contribution in [2.75, 3.05) is 33.8 Å². The summed E-state index contributed by atoms with van der Waals surface area (Å²) < 4.78 is 11.9. The predicted molar refractivity (Wildman–Crippen MR) is 121 cm³/mol. The first-order valence-electron chi connectivity index (χ1n) is 10.6. The molecule has 0 aromatic heterocycles. The van der Waals surface area contributed by atoms with Gasteiger partial charge >= 0.3 is 0 Å². The van der Waals surface area contributed by atoms with E-state index in [4.69, 9.17) is 9.47 Å². The first-order valence-corrected chi connectivity index (χ1v) is 10.6. The molecule has 4 nitrogen and oxygen atoms in total. The van der Waals surface area contributed by atoms with Gasteiger partial charge in [0.2, 0.25) is 0 Å². The van der Waals surface area contributed by atoms with E-state index in [0.717, 1.165) is 31.0 Å². The van der Waals surface area contributed by atoms with E-state index >= 15 is 0 Å². The summed E-state index contributed by atoms with van der Waals surface area (Å²) in [6, 6.07) is 25.4. The van der Waals surface area contributed by atoms with Gasteiger partial charge in [-0.05, 0) is 67.0 Å². The van der Waals surface area contributed by atoms with E-state index in [0.29, 0.717) is 13.2 Å². The van der Waals surface area contributed by atoms with Gasteiger partial charge in [0.15, 0.2) is 0 Å². The highest BCUT2D eigenvalue weighted by atomic mass is 16.5. The molecule has 156 valence electrons. The Morgan fingerprint density at radius 1 is 0.900 bits per heavy atom. The van der Waals surface area contributed by atoms with Crippen LogP contribution in [0.5, 0.6) is 11.5 Å². The summed E-state index contributed by atoms with van der Waals surface area (Å²) >= 11 is 0. The number of rotatable bonds is 8. The highest BCUT2D eigenvalue weighted by molar-refractivity contribution is 5.44. The van der Waals surface area contributed by atoms with Crippen LogP contribution >= 0.6 is 0 Å². The second kappa shape index (κ2) is 9.79. The van der Waals surface area contributed by atoms with Crippen molar-refractivity contribution in [2.45, 2.75) is 19.1 Å². The van der Waals surface area contributed by atoms with Gasteiger partial charge in [0.05, 0.1) is 6.04 Å². The van der Waals surface area contributed by atoms with Crippen molar-refractivity contribution < 1.29 is 9.47 Å². The van der Waals surface area contributed by atoms with Crippen molar-refractivity contribution in [1.29, 1.82) is 0 Å². The van der Waals surface area contributed by atoms with Crippen LogP contribution in [-0.2, 0) is 13.0 Å². The summed E-state index contributed by atoms with van der Waals surface area (Å²) in [5, 5.41) is 3.66. The van der Waals surface area contributed by atoms with Crippen LogP contribution in [-0.4, -0.2) is 38.7 Å². The van der Waals surface area contributed by atoms with Crippen molar-refractivity contribution in [2.24, 2.45) is 0 Å². The number of hydrogen-bond donors (Lipinski definition) is 1. The summed E-state index contributed by atoms with van der Waals surface area (Å²) in [5.41, 5.74) is 5.13. The van der Waals surface area contributed by atoms with Crippen LogP contribution in [0.3, 0.4) is 0 Å². The molecule has 3 aromatic carbocycles. The number of nitrogens with one attached hydrogen (secondary N) is 1. The SMILES string of the molecule is CN(C)CCOc1ccc2c(c1)CCNC2c1ccc(OCc2ccccc2)cc1. The van der Waals surface area contributed by atoms with E-state index in [9.17, 15) is 0 Å². The lowest BCUT2D eigenvalue weighted by Gasteiger charge is -2.28. The molecule has 1 aliphatic heterocycles. The van der Waals surface area contributed by atoms with E-state index in [2.05, 4.69) is 78.9 Å². The molecule has 4 heteroatoms. The lowest BCUT2D eigenvalue weighted by atomic mass is 9.90.